The molecule has 2 rings (SSSR count). The number of hydrogen-bond acceptors (Lipinski definition) is 4. The highest BCUT2D eigenvalue weighted by atomic mass is 32.2. The minimum absolute atomic E-state index is 0.152. The van der Waals surface area contributed by atoms with Crippen LogP contribution in [0.4, 0.5) is 0 Å². The first-order valence-corrected chi connectivity index (χ1v) is 9.10. The van der Waals surface area contributed by atoms with Gasteiger partial charge in [-0.2, -0.15) is 0 Å². The van der Waals surface area contributed by atoms with Crippen molar-refractivity contribution >= 4 is 9.84 Å². The molecule has 1 aliphatic carbocycles. The van der Waals surface area contributed by atoms with E-state index in [0.717, 1.165) is 32.4 Å². The fourth-order valence-electron chi connectivity index (χ4n) is 3.36. The standard InChI is InChI=1S/C13H26N2O2S/c1-3-15-8-7-11(10-15)9-14-12-5-4-6-13(12)18(2,16)17/h11-14H,3-10H2,1-2H3. The zero-order valence-corrected chi connectivity index (χ0v) is 12.4. The first kappa shape index (κ1) is 14.3. The molecule has 0 radical (unpaired) electrons. The topological polar surface area (TPSA) is 49.4 Å². The van der Waals surface area contributed by atoms with Crippen molar-refractivity contribution in [3.63, 3.8) is 0 Å². The molecule has 0 spiro atoms. The van der Waals surface area contributed by atoms with Crippen LogP contribution in [-0.4, -0.2) is 57.0 Å². The van der Waals surface area contributed by atoms with Gasteiger partial charge in [-0.05, 0) is 44.8 Å². The largest absolute Gasteiger partial charge is 0.312 e. The van der Waals surface area contributed by atoms with Gasteiger partial charge in [-0.15, -0.1) is 0 Å². The average molecular weight is 274 g/mol. The summed E-state index contributed by atoms with van der Waals surface area (Å²) in [6, 6.07) is 0.190. The van der Waals surface area contributed by atoms with Crippen molar-refractivity contribution in [3.8, 4) is 0 Å². The van der Waals surface area contributed by atoms with Crippen molar-refractivity contribution in [1.82, 2.24) is 10.2 Å². The number of sulfone groups is 1. The van der Waals surface area contributed by atoms with Crippen molar-refractivity contribution in [1.29, 1.82) is 0 Å². The number of hydrogen-bond donors (Lipinski definition) is 1. The Morgan fingerprint density at radius 2 is 2.06 bits per heavy atom. The van der Waals surface area contributed by atoms with E-state index in [9.17, 15) is 8.42 Å². The Kier molecular flexibility index (Phi) is 4.67. The summed E-state index contributed by atoms with van der Waals surface area (Å²) >= 11 is 0. The zero-order valence-electron chi connectivity index (χ0n) is 11.6. The fourth-order valence-corrected chi connectivity index (χ4v) is 4.78. The summed E-state index contributed by atoms with van der Waals surface area (Å²) in [7, 11) is -2.89. The number of nitrogens with one attached hydrogen (secondary N) is 1. The van der Waals surface area contributed by atoms with E-state index in [4.69, 9.17) is 0 Å². The van der Waals surface area contributed by atoms with Gasteiger partial charge in [-0.25, -0.2) is 8.42 Å². The second-order valence-corrected chi connectivity index (χ2v) is 8.13. The molecule has 2 fully saturated rings. The molecule has 0 aromatic heterocycles. The Morgan fingerprint density at radius 3 is 2.67 bits per heavy atom. The molecule has 0 aromatic carbocycles. The van der Waals surface area contributed by atoms with Gasteiger partial charge in [0.1, 0.15) is 0 Å². The van der Waals surface area contributed by atoms with Crippen LogP contribution >= 0.6 is 0 Å². The molecule has 3 atom stereocenters. The van der Waals surface area contributed by atoms with Crippen LogP contribution in [0.25, 0.3) is 0 Å². The van der Waals surface area contributed by atoms with Crippen LogP contribution in [0.15, 0.2) is 0 Å². The van der Waals surface area contributed by atoms with E-state index in [1.165, 1.54) is 25.8 Å². The molecular formula is C13H26N2O2S. The summed E-state index contributed by atoms with van der Waals surface area (Å²) in [5, 5.41) is 3.37. The third-order valence-electron chi connectivity index (χ3n) is 4.49. The number of nitrogens with zero attached hydrogens (tertiary/aromatic N) is 1. The van der Waals surface area contributed by atoms with Gasteiger partial charge in [0, 0.05) is 18.8 Å². The van der Waals surface area contributed by atoms with Gasteiger partial charge in [0.15, 0.2) is 9.84 Å². The summed E-state index contributed by atoms with van der Waals surface area (Å²) in [6.07, 6.45) is 5.52. The molecule has 1 heterocycles. The average Bonchev–Trinajstić information content (AvgIpc) is 2.94. The van der Waals surface area contributed by atoms with E-state index in [1.54, 1.807) is 0 Å². The Balaban J connectivity index is 1.80. The van der Waals surface area contributed by atoms with E-state index in [0.29, 0.717) is 5.92 Å². The monoisotopic (exact) mass is 274 g/mol. The van der Waals surface area contributed by atoms with Crippen LogP contribution in [0.5, 0.6) is 0 Å². The van der Waals surface area contributed by atoms with Crippen molar-refractivity contribution in [2.75, 3.05) is 32.4 Å². The van der Waals surface area contributed by atoms with Gasteiger partial charge < -0.3 is 10.2 Å². The molecule has 18 heavy (non-hydrogen) atoms. The lowest BCUT2D eigenvalue weighted by Crippen LogP contribution is -2.42. The molecule has 4 nitrogen and oxygen atoms in total. The van der Waals surface area contributed by atoms with Gasteiger partial charge in [-0.1, -0.05) is 13.3 Å². The summed E-state index contributed by atoms with van der Waals surface area (Å²) in [4.78, 5) is 2.47. The Morgan fingerprint density at radius 1 is 1.28 bits per heavy atom. The molecule has 1 saturated heterocycles. The van der Waals surface area contributed by atoms with Crippen molar-refractivity contribution < 1.29 is 8.42 Å². The van der Waals surface area contributed by atoms with Crippen LogP contribution < -0.4 is 5.32 Å². The van der Waals surface area contributed by atoms with Crippen LogP contribution in [-0.2, 0) is 9.84 Å². The highest BCUT2D eigenvalue weighted by Gasteiger charge is 2.35. The molecule has 0 bridgehead atoms. The van der Waals surface area contributed by atoms with Crippen LogP contribution in [0, 0.1) is 5.92 Å². The Labute approximate surface area is 111 Å². The molecule has 2 aliphatic rings. The van der Waals surface area contributed by atoms with Gasteiger partial charge in [-0.3, -0.25) is 0 Å². The quantitative estimate of drug-likeness (QED) is 0.809. The SMILES string of the molecule is CCN1CCC(CNC2CCCC2S(C)(=O)=O)C1. The molecule has 1 saturated carbocycles. The summed E-state index contributed by atoms with van der Waals surface area (Å²) in [6.45, 7) is 6.67. The third kappa shape index (κ3) is 3.45. The smallest absolute Gasteiger partial charge is 0.151 e. The van der Waals surface area contributed by atoms with Crippen molar-refractivity contribution in [2.45, 2.75) is 43.9 Å². The molecule has 0 aromatic rings. The van der Waals surface area contributed by atoms with Crippen LogP contribution in [0.3, 0.4) is 0 Å². The molecule has 3 unspecified atom stereocenters. The molecule has 1 aliphatic heterocycles. The lowest BCUT2D eigenvalue weighted by atomic mass is 10.1. The second-order valence-electron chi connectivity index (χ2n) is 5.86. The lowest BCUT2D eigenvalue weighted by Gasteiger charge is -2.22. The highest BCUT2D eigenvalue weighted by Crippen LogP contribution is 2.25. The van der Waals surface area contributed by atoms with Crippen molar-refractivity contribution in [2.24, 2.45) is 5.92 Å². The van der Waals surface area contributed by atoms with Gasteiger partial charge >= 0.3 is 0 Å². The van der Waals surface area contributed by atoms with E-state index in [-0.39, 0.29) is 11.3 Å². The molecular weight excluding hydrogens is 248 g/mol. The lowest BCUT2D eigenvalue weighted by molar-refractivity contribution is 0.335. The van der Waals surface area contributed by atoms with Crippen LogP contribution in [0.2, 0.25) is 0 Å². The first-order chi connectivity index (χ1) is 8.50. The van der Waals surface area contributed by atoms with Gasteiger partial charge in [0.2, 0.25) is 0 Å². The molecule has 106 valence electrons. The third-order valence-corrected chi connectivity index (χ3v) is 6.15. The molecule has 5 heteroatoms. The summed E-state index contributed by atoms with van der Waals surface area (Å²) in [5.41, 5.74) is 0. The van der Waals surface area contributed by atoms with E-state index < -0.39 is 9.84 Å². The maximum absolute atomic E-state index is 11.7. The predicted molar refractivity (Wildman–Crippen MR) is 74.5 cm³/mol. The van der Waals surface area contributed by atoms with Crippen LogP contribution in [0.1, 0.15) is 32.6 Å². The maximum Gasteiger partial charge on any atom is 0.151 e. The van der Waals surface area contributed by atoms with Crippen molar-refractivity contribution in [3.05, 3.63) is 0 Å². The minimum Gasteiger partial charge on any atom is -0.312 e. The second kappa shape index (κ2) is 5.88. The fraction of sp³-hybridized carbons (Fsp3) is 1.00. The Bertz CT molecular complexity index is 369. The molecule has 1 N–H and O–H groups in total. The molecule has 0 amide bonds. The van der Waals surface area contributed by atoms with E-state index in [2.05, 4.69) is 17.1 Å². The zero-order chi connectivity index (χ0) is 13.2. The predicted octanol–water partition coefficient (Wildman–Crippen LogP) is 0.884. The minimum atomic E-state index is -2.89. The first-order valence-electron chi connectivity index (χ1n) is 7.15. The maximum atomic E-state index is 11.7. The number of rotatable bonds is 5. The summed E-state index contributed by atoms with van der Waals surface area (Å²) in [5.74, 6) is 0.700. The number of likely N-dealkylation sites (tertiary alicyclic amines) is 1. The van der Waals surface area contributed by atoms with Gasteiger partial charge in [0.05, 0.1) is 5.25 Å². The summed E-state index contributed by atoms with van der Waals surface area (Å²) < 4.78 is 23.4. The van der Waals surface area contributed by atoms with Gasteiger partial charge in [0.25, 0.3) is 0 Å². The Hall–Kier alpha value is -0.130. The highest BCUT2D eigenvalue weighted by molar-refractivity contribution is 7.91. The van der Waals surface area contributed by atoms with E-state index in [1.807, 2.05) is 0 Å². The normalized spacial score (nSPS) is 34.2. The van der Waals surface area contributed by atoms with E-state index >= 15 is 0 Å².